The van der Waals surface area contributed by atoms with Gasteiger partial charge in [-0.2, -0.15) is 0 Å². The zero-order valence-corrected chi connectivity index (χ0v) is 8.51. The SMILES string of the molecule is CC[C@@H](N)c1cnc(OC)c(Cl)c1. The Hall–Kier alpha value is -0.800. The van der Waals surface area contributed by atoms with Gasteiger partial charge in [0.1, 0.15) is 5.02 Å². The number of nitrogens with two attached hydrogens (primary N) is 1. The third kappa shape index (κ3) is 2.32. The zero-order chi connectivity index (χ0) is 9.84. The van der Waals surface area contributed by atoms with Gasteiger partial charge >= 0.3 is 0 Å². The van der Waals surface area contributed by atoms with E-state index in [1.54, 1.807) is 12.3 Å². The lowest BCUT2D eigenvalue weighted by Gasteiger charge is -2.09. The second kappa shape index (κ2) is 4.44. The van der Waals surface area contributed by atoms with Crippen LogP contribution >= 0.6 is 11.6 Å². The molecule has 0 radical (unpaired) electrons. The van der Waals surface area contributed by atoms with Crippen LogP contribution in [0.4, 0.5) is 0 Å². The second-order valence-corrected chi connectivity index (χ2v) is 3.18. The Bertz CT molecular complexity index is 291. The fourth-order valence-electron chi connectivity index (χ4n) is 1.03. The molecule has 0 bridgehead atoms. The molecule has 0 aliphatic heterocycles. The number of pyridine rings is 1. The number of aromatic nitrogens is 1. The van der Waals surface area contributed by atoms with E-state index in [4.69, 9.17) is 22.1 Å². The predicted octanol–water partition coefficient (Wildman–Crippen LogP) is 2.15. The highest BCUT2D eigenvalue weighted by atomic mass is 35.5. The highest BCUT2D eigenvalue weighted by Crippen LogP contribution is 2.24. The Kier molecular flexibility index (Phi) is 3.51. The molecule has 3 nitrogen and oxygen atoms in total. The molecule has 1 atom stereocenters. The molecule has 1 aromatic rings. The molecule has 1 heterocycles. The fourth-order valence-corrected chi connectivity index (χ4v) is 1.28. The minimum Gasteiger partial charge on any atom is -0.480 e. The minimum atomic E-state index is -0.00379. The fraction of sp³-hybridized carbons (Fsp3) is 0.444. The molecule has 72 valence electrons. The molecule has 4 heteroatoms. The van der Waals surface area contributed by atoms with Crippen molar-refractivity contribution in [2.24, 2.45) is 5.73 Å². The van der Waals surface area contributed by atoms with E-state index in [1.165, 1.54) is 7.11 Å². The van der Waals surface area contributed by atoms with Crippen LogP contribution in [0.25, 0.3) is 0 Å². The molecule has 0 saturated carbocycles. The molecular formula is C9H13ClN2O. The van der Waals surface area contributed by atoms with E-state index < -0.39 is 0 Å². The van der Waals surface area contributed by atoms with Gasteiger partial charge in [0, 0.05) is 12.2 Å². The lowest BCUT2D eigenvalue weighted by molar-refractivity contribution is 0.397. The van der Waals surface area contributed by atoms with Gasteiger partial charge in [-0.25, -0.2) is 4.98 Å². The molecule has 0 saturated heterocycles. The Labute approximate surface area is 82.9 Å². The first-order chi connectivity index (χ1) is 6.19. The highest BCUT2D eigenvalue weighted by Gasteiger charge is 2.07. The number of rotatable bonds is 3. The van der Waals surface area contributed by atoms with Gasteiger partial charge in [0.15, 0.2) is 0 Å². The summed E-state index contributed by atoms with van der Waals surface area (Å²) in [6.45, 7) is 2.02. The summed E-state index contributed by atoms with van der Waals surface area (Å²) in [6.07, 6.45) is 2.56. The number of methoxy groups -OCH3 is 1. The normalized spacial score (nSPS) is 12.6. The summed E-state index contributed by atoms with van der Waals surface area (Å²) in [7, 11) is 1.54. The Morgan fingerprint density at radius 1 is 1.69 bits per heavy atom. The van der Waals surface area contributed by atoms with Gasteiger partial charge in [-0.05, 0) is 18.1 Å². The number of hydrogen-bond donors (Lipinski definition) is 1. The quantitative estimate of drug-likeness (QED) is 0.814. The van der Waals surface area contributed by atoms with Crippen LogP contribution in [0.1, 0.15) is 24.9 Å². The third-order valence-electron chi connectivity index (χ3n) is 1.89. The van der Waals surface area contributed by atoms with Crippen LogP contribution in [-0.2, 0) is 0 Å². The summed E-state index contributed by atoms with van der Waals surface area (Å²) in [5, 5.41) is 0.504. The molecular weight excluding hydrogens is 188 g/mol. The molecule has 1 aromatic heterocycles. The summed E-state index contributed by atoms with van der Waals surface area (Å²) in [5.74, 6) is 0.439. The number of ether oxygens (including phenoxy) is 1. The van der Waals surface area contributed by atoms with Gasteiger partial charge in [0.2, 0.25) is 5.88 Å². The number of nitrogens with zero attached hydrogens (tertiary/aromatic N) is 1. The van der Waals surface area contributed by atoms with Crippen molar-refractivity contribution >= 4 is 11.6 Å². The van der Waals surface area contributed by atoms with E-state index in [1.807, 2.05) is 6.92 Å². The van der Waals surface area contributed by atoms with Crippen LogP contribution < -0.4 is 10.5 Å². The average molecular weight is 201 g/mol. The van der Waals surface area contributed by atoms with Gasteiger partial charge in [0.05, 0.1) is 7.11 Å². The molecule has 0 aromatic carbocycles. The highest BCUT2D eigenvalue weighted by molar-refractivity contribution is 6.31. The van der Waals surface area contributed by atoms with Crippen LogP contribution in [0.2, 0.25) is 5.02 Å². The van der Waals surface area contributed by atoms with Gasteiger partial charge < -0.3 is 10.5 Å². The largest absolute Gasteiger partial charge is 0.480 e. The van der Waals surface area contributed by atoms with E-state index in [2.05, 4.69) is 4.98 Å². The molecule has 0 aliphatic carbocycles. The molecule has 13 heavy (non-hydrogen) atoms. The van der Waals surface area contributed by atoms with Gasteiger partial charge in [-0.15, -0.1) is 0 Å². The van der Waals surface area contributed by atoms with Crippen molar-refractivity contribution in [2.45, 2.75) is 19.4 Å². The smallest absolute Gasteiger partial charge is 0.232 e. The van der Waals surface area contributed by atoms with Gasteiger partial charge in [0.25, 0.3) is 0 Å². The van der Waals surface area contributed by atoms with E-state index in [0.717, 1.165) is 12.0 Å². The van der Waals surface area contributed by atoms with Crippen LogP contribution in [0.15, 0.2) is 12.3 Å². The average Bonchev–Trinajstić information content (AvgIpc) is 2.16. The van der Waals surface area contributed by atoms with Crippen LogP contribution in [0.3, 0.4) is 0 Å². The lowest BCUT2D eigenvalue weighted by Crippen LogP contribution is -2.09. The zero-order valence-electron chi connectivity index (χ0n) is 7.75. The first-order valence-corrected chi connectivity index (χ1v) is 4.51. The summed E-state index contributed by atoms with van der Waals surface area (Å²) < 4.78 is 4.93. The van der Waals surface area contributed by atoms with Crippen molar-refractivity contribution in [3.8, 4) is 5.88 Å². The maximum Gasteiger partial charge on any atom is 0.232 e. The molecule has 1 rings (SSSR count). The molecule has 0 spiro atoms. The monoisotopic (exact) mass is 200 g/mol. The number of hydrogen-bond acceptors (Lipinski definition) is 3. The van der Waals surface area contributed by atoms with Crippen molar-refractivity contribution in [3.63, 3.8) is 0 Å². The van der Waals surface area contributed by atoms with Crippen LogP contribution in [0.5, 0.6) is 5.88 Å². The van der Waals surface area contributed by atoms with Crippen LogP contribution in [-0.4, -0.2) is 12.1 Å². The maximum atomic E-state index is 5.89. The lowest BCUT2D eigenvalue weighted by atomic mass is 10.1. The minimum absolute atomic E-state index is 0.00379. The van der Waals surface area contributed by atoms with Gasteiger partial charge in [-0.3, -0.25) is 0 Å². The molecule has 2 N–H and O–H groups in total. The van der Waals surface area contributed by atoms with Gasteiger partial charge in [-0.1, -0.05) is 18.5 Å². The number of halogens is 1. The molecule has 0 fully saturated rings. The Morgan fingerprint density at radius 3 is 2.85 bits per heavy atom. The molecule has 0 amide bonds. The van der Waals surface area contributed by atoms with Crippen molar-refractivity contribution in [1.29, 1.82) is 0 Å². The second-order valence-electron chi connectivity index (χ2n) is 2.77. The van der Waals surface area contributed by atoms with E-state index in [0.29, 0.717) is 10.9 Å². The summed E-state index contributed by atoms with van der Waals surface area (Å²) in [4.78, 5) is 4.03. The third-order valence-corrected chi connectivity index (χ3v) is 2.16. The summed E-state index contributed by atoms with van der Waals surface area (Å²) in [5.41, 5.74) is 6.75. The topological polar surface area (TPSA) is 48.1 Å². The van der Waals surface area contributed by atoms with Crippen molar-refractivity contribution in [3.05, 3.63) is 22.8 Å². The molecule has 0 aliphatic rings. The predicted molar refractivity (Wildman–Crippen MR) is 53.0 cm³/mol. The Morgan fingerprint density at radius 2 is 2.38 bits per heavy atom. The molecule has 0 unspecified atom stereocenters. The van der Waals surface area contributed by atoms with E-state index >= 15 is 0 Å². The summed E-state index contributed by atoms with van der Waals surface area (Å²) >= 11 is 5.89. The van der Waals surface area contributed by atoms with Crippen molar-refractivity contribution in [2.75, 3.05) is 7.11 Å². The van der Waals surface area contributed by atoms with Crippen molar-refractivity contribution in [1.82, 2.24) is 4.98 Å². The first kappa shape index (κ1) is 10.3. The summed E-state index contributed by atoms with van der Waals surface area (Å²) in [6, 6.07) is 1.79. The van der Waals surface area contributed by atoms with E-state index in [9.17, 15) is 0 Å². The van der Waals surface area contributed by atoms with Crippen LogP contribution in [0, 0.1) is 0 Å². The standard InChI is InChI=1S/C9H13ClN2O/c1-3-8(11)6-4-7(10)9(13-2)12-5-6/h4-5,8H,3,11H2,1-2H3/t8-/m1/s1. The maximum absolute atomic E-state index is 5.89. The Balaban J connectivity index is 2.95. The first-order valence-electron chi connectivity index (χ1n) is 4.14. The van der Waals surface area contributed by atoms with Crippen molar-refractivity contribution < 1.29 is 4.74 Å². The van der Waals surface area contributed by atoms with E-state index in [-0.39, 0.29) is 6.04 Å².